The fourth-order valence-corrected chi connectivity index (χ4v) is 0.336. The lowest BCUT2D eigenvalue weighted by Gasteiger charge is -1.88. The minimum Gasteiger partial charge on any atom is -0.389 e. The SMILES string of the molecule is C/C=C/C=C/C(C)O. The number of hydrogen-bond acceptors (Lipinski definition) is 1. The summed E-state index contributed by atoms with van der Waals surface area (Å²) in [7, 11) is 0. The molecule has 0 aromatic rings. The largest absolute Gasteiger partial charge is 0.389 e. The minimum atomic E-state index is -0.328. The molecule has 8 heavy (non-hydrogen) atoms. The molecule has 0 spiro atoms. The monoisotopic (exact) mass is 112 g/mol. The second kappa shape index (κ2) is 4.60. The zero-order valence-corrected chi connectivity index (χ0v) is 5.33. The van der Waals surface area contributed by atoms with E-state index in [9.17, 15) is 0 Å². The summed E-state index contributed by atoms with van der Waals surface area (Å²) in [5, 5.41) is 8.66. The van der Waals surface area contributed by atoms with Crippen LogP contribution >= 0.6 is 0 Å². The van der Waals surface area contributed by atoms with Gasteiger partial charge in [0.05, 0.1) is 6.10 Å². The highest BCUT2D eigenvalue weighted by Crippen LogP contribution is 1.82. The number of aliphatic hydroxyl groups is 1. The third kappa shape index (κ3) is 5.44. The van der Waals surface area contributed by atoms with Crippen LogP contribution in [0.25, 0.3) is 0 Å². The molecule has 1 unspecified atom stereocenters. The van der Waals surface area contributed by atoms with Crippen molar-refractivity contribution < 1.29 is 5.11 Å². The van der Waals surface area contributed by atoms with Crippen LogP contribution < -0.4 is 0 Å². The van der Waals surface area contributed by atoms with Crippen molar-refractivity contribution >= 4 is 0 Å². The van der Waals surface area contributed by atoms with E-state index in [2.05, 4.69) is 0 Å². The van der Waals surface area contributed by atoms with E-state index in [1.807, 2.05) is 25.2 Å². The van der Waals surface area contributed by atoms with E-state index in [1.165, 1.54) is 0 Å². The Morgan fingerprint density at radius 2 is 2.00 bits per heavy atom. The van der Waals surface area contributed by atoms with Gasteiger partial charge in [-0.05, 0) is 13.8 Å². The third-order valence-electron chi connectivity index (χ3n) is 0.693. The fourth-order valence-electron chi connectivity index (χ4n) is 0.336. The highest BCUT2D eigenvalue weighted by atomic mass is 16.3. The molecule has 0 fully saturated rings. The van der Waals surface area contributed by atoms with Gasteiger partial charge in [0, 0.05) is 0 Å². The molecule has 46 valence electrons. The summed E-state index contributed by atoms with van der Waals surface area (Å²) in [6, 6.07) is 0. The van der Waals surface area contributed by atoms with Gasteiger partial charge >= 0.3 is 0 Å². The normalized spacial score (nSPS) is 15.9. The lowest BCUT2D eigenvalue weighted by molar-refractivity contribution is 0.244. The summed E-state index contributed by atoms with van der Waals surface area (Å²) in [5.74, 6) is 0. The van der Waals surface area contributed by atoms with Gasteiger partial charge in [0.1, 0.15) is 0 Å². The van der Waals surface area contributed by atoms with Crippen molar-refractivity contribution in [2.24, 2.45) is 0 Å². The summed E-state index contributed by atoms with van der Waals surface area (Å²) in [5.41, 5.74) is 0. The molecule has 0 aromatic heterocycles. The molecular formula is C7H12O. The molecule has 0 aliphatic carbocycles. The highest BCUT2D eigenvalue weighted by molar-refractivity contribution is 5.02. The third-order valence-corrected chi connectivity index (χ3v) is 0.693. The van der Waals surface area contributed by atoms with E-state index >= 15 is 0 Å². The topological polar surface area (TPSA) is 20.2 Å². The standard InChI is InChI=1S/C7H12O/c1-3-4-5-6-7(2)8/h3-8H,1-2H3/b4-3+,6-5+. The van der Waals surface area contributed by atoms with Gasteiger partial charge in [0.25, 0.3) is 0 Å². The Hall–Kier alpha value is -0.560. The Morgan fingerprint density at radius 3 is 2.38 bits per heavy atom. The van der Waals surface area contributed by atoms with Crippen LogP contribution in [0.5, 0.6) is 0 Å². The van der Waals surface area contributed by atoms with Crippen LogP contribution in [0, 0.1) is 0 Å². The maximum atomic E-state index is 8.66. The zero-order valence-electron chi connectivity index (χ0n) is 5.33. The summed E-state index contributed by atoms with van der Waals surface area (Å²) < 4.78 is 0. The van der Waals surface area contributed by atoms with E-state index in [0.29, 0.717) is 0 Å². The Morgan fingerprint density at radius 1 is 1.38 bits per heavy atom. The van der Waals surface area contributed by atoms with Crippen LogP contribution in [-0.2, 0) is 0 Å². The van der Waals surface area contributed by atoms with Gasteiger partial charge in [-0.15, -0.1) is 0 Å². The number of rotatable bonds is 2. The van der Waals surface area contributed by atoms with Crippen molar-refractivity contribution in [1.29, 1.82) is 0 Å². The second-order valence-electron chi connectivity index (χ2n) is 1.65. The number of aliphatic hydroxyl groups excluding tert-OH is 1. The van der Waals surface area contributed by atoms with Crippen LogP contribution in [-0.4, -0.2) is 11.2 Å². The smallest absolute Gasteiger partial charge is 0.0695 e. The molecule has 1 heteroatoms. The number of allylic oxidation sites excluding steroid dienone is 3. The Kier molecular flexibility index (Phi) is 4.27. The molecule has 1 N–H and O–H groups in total. The molecule has 1 nitrogen and oxygen atoms in total. The van der Waals surface area contributed by atoms with E-state index in [0.717, 1.165) is 0 Å². The maximum Gasteiger partial charge on any atom is 0.0695 e. The molecule has 0 radical (unpaired) electrons. The van der Waals surface area contributed by atoms with Gasteiger partial charge in [-0.2, -0.15) is 0 Å². The van der Waals surface area contributed by atoms with E-state index in [4.69, 9.17) is 5.11 Å². The first-order chi connectivity index (χ1) is 3.77. The first-order valence-electron chi connectivity index (χ1n) is 2.75. The van der Waals surface area contributed by atoms with Crippen LogP contribution in [0.3, 0.4) is 0 Å². The predicted molar refractivity (Wildman–Crippen MR) is 35.6 cm³/mol. The lowest BCUT2D eigenvalue weighted by atomic mass is 10.3. The van der Waals surface area contributed by atoms with Gasteiger partial charge in [-0.1, -0.05) is 24.3 Å². The van der Waals surface area contributed by atoms with E-state index < -0.39 is 0 Å². The van der Waals surface area contributed by atoms with Gasteiger partial charge in [-0.3, -0.25) is 0 Å². The van der Waals surface area contributed by atoms with Crippen molar-refractivity contribution in [1.82, 2.24) is 0 Å². The summed E-state index contributed by atoms with van der Waals surface area (Å²) in [4.78, 5) is 0. The van der Waals surface area contributed by atoms with Crippen LogP contribution in [0.15, 0.2) is 24.3 Å². The Bertz CT molecular complexity index is 90.6. The first-order valence-corrected chi connectivity index (χ1v) is 2.75. The average Bonchev–Trinajstić information content (AvgIpc) is 1.66. The molecule has 0 aromatic carbocycles. The highest BCUT2D eigenvalue weighted by Gasteiger charge is 1.79. The first kappa shape index (κ1) is 7.44. The molecule has 0 aliphatic heterocycles. The molecule has 0 saturated heterocycles. The van der Waals surface area contributed by atoms with Crippen LogP contribution in [0.2, 0.25) is 0 Å². The maximum absolute atomic E-state index is 8.66. The van der Waals surface area contributed by atoms with Crippen molar-refractivity contribution in [2.45, 2.75) is 20.0 Å². The average molecular weight is 112 g/mol. The minimum absolute atomic E-state index is 0.328. The van der Waals surface area contributed by atoms with Crippen molar-refractivity contribution in [3.8, 4) is 0 Å². The van der Waals surface area contributed by atoms with Gasteiger partial charge < -0.3 is 5.11 Å². The summed E-state index contributed by atoms with van der Waals surface area (Å²) >= 11 is 0. The van der Waals surface area contributed by atoms with Gasteiger partial charge in [0.15, 0.2) is 0 Å². The van der Waals surface area contributed by atoms with Gasteiger partial charge in [0.2, 0.25) is 0 Å². The quantitative estimate of drug-likeness (QED) is 0.537. The summed E-state index contributed by atoms with van der Waals surface area (Å²) in [6.07, 6.45) is 7.02. The van der Waals surface area contributed by atoms with Gasteiger partial charge in [-0.25, -0.2) is 0 Å². The lowest BCUT2D eigenvalue weighted by Crippen LogP contribution is -1.90. The Labute approximate surface area is 50.3 Å². The molecule has 0 amide bonds. The van der Waals surface area contributed by atoms with Crippen molar-refractivity contribution in [3.05, 3.63) is 24.3 Å². The fraction of sp³-hybridized carbons (Fsp3) is 0.429. The predicted octanol–water partition coefficient (Wildman–Crippen LogP) is 1.50. The molecule has 0 aliphatic rings. The molecule has 0 bridgehead atoms. The molecule has 1 atom stereocenters. The Balaban J connectivity index is 3.34. The molecular weight excluding hydrogens is 100 g/mol. The molecule has 0 saturated carbocycles. The number of hydrogen-bond donors (Lipinski definition) is 1. The second-order valence-corrected chi connectivity index (χ2v) is 1.65. The van der Waals surface area contributed by atoms with Crippen LogP contribution in [0.4, 0.5) is 0 Å². The zero-order chi connectivity index (χ0) is 6.41. The van der Waals surface area contributed by atoms with Crippen molar-refractivity contribution in [2.75, 3.05) is 0 Å². The molecule has 0 rings (SSSR count). The molecule has 0 heterocycles. The van der Waals surface area contributed by atoms with E-state index in [-0.39, 0.29) is 6.10 Å². The van der Waals surface area contributed by atoms with Crippen LogP contribution in [0.1, 0.15) is 13.8 Å². The van der Waals surface area contributed by atoms with Crippen molar-refractivity contribution in [3.63, 3.8) is 0 Å². The van der Waals surface area contributed by atoms with E-state index in [1.54, 1.807) is 13.0 Å². The summed E-state index contributed by atoms with van der Waals surface area (Å²) in [6.45, 7) is 3.66.